The molecule has 80 valence electrons. The summed E-state index contributed by atoms with van der Waals surface area (Å²) in [6, 6.07) is 4.27. The molecule has 0 saturated heterocycles. The molecule has 1 atom stereocenters. The van der Waals surface area contributed by atoms with Crippen LogP contribution in [0.15, 0.2) is 16.5 Å². The smallest absolute Gasteiger partial charge is 0.105 e. The number of likely N-dealkylation sites (N-methyl/N-ethyl adjacent to an activating group) is 1. The van der Waals surface area contributed by atoms with Gasteiger partial charge >= 0.3 is 0 Å². The summed E-state index contributed by atoms with van der Waals surface area (Å²) in [5, 5.41) is 0. The zero-order valence-electron chi connectivity index (χ0n) is 9.29. The van der Waals surface area contributed by atoms with Gasteiger partial charge in [-0.3, -0.25) is 0 Å². The van der Waals surface area contributed by atoms with Crippen LogP contribution in [0.4, 0.5) is 0 Å². The van der Waals surface area contributed by atoms with Crippen molar-refractivity contribution in [3.8, 4) is 0 Å². The topological polar surface area (TPSA) is 42.4 Å². The average Bonchev–Trinajstić information content (AvgIpc) is 2.47. The van der Waals surface area contributed by atoms with Crippen LogP contribution >= 0.6 is 0 Å². The molecule has 0 spiro atoms. The quantitative estimate of drug-likeness (QED) is 0.774. The van der Waals surface area contributed by atoms with Crippen molar-refractivity contribution in [3.05, 3.63) is 23.7 Å². The van der Waals surface area contributed by atoms with Gasteiger partial charge in [-0.25, -0.2) is 0 Å². The molecule has 1 aromatic heterocycles. The maximum atomic E-state index is 5.70. The minimum absolute atomic E-state index is 0.235. The van der Waals surface area contributed by atoms with E-state index in [-0.39, 0.29) is 6.04 Å². The standard InChI is InChI=1S/C11H20N2O/c1-9(12)8-13(3)7-6-11-5-4-10(2)14-11/h4-5,9H,6-8,12H2,1-3H3. The van der Waals surface area contributed by atoms with Crippen molar-refractivity contribution in [3.63, 3.8) is 0 Å². The van der Waals surface area contributed by atoms with Gasteiger partial charge in [0.25, 0.3) is 0 Å². The molecular weight excluding hydrogens is 176 g/mol. The van der Waals surface area contributed by atoms with Crippen molar-refractivity contribution < 1.29 is 4.42 Å². The van der Waals surface area contributed by atoms with Crippen LogP contribution in [0.5, 0.6) is 0 Å². The fourth-order valence-electron chi connectivity index (χ4n) is 1.50. The minimum atomic E-state index is 0.235. The molecule has 3 nitrogen and oxygen atoms in total. The largest absolute Gasteiger partial charge is 0.466 e. The summed E-state index contributed by atoms with van der Waals surface area (Å²) < 4.78 is 5.48. The molecule has 1 heterocycles. The minimum Gasteiger partial charge on any atom is -0.466 e. The van der Waals surface area contributed by atoms with Gasteiger partial charge in [-0.1, -0.05) is 0 Å². The number of nitrogens with two attached hydrogens (primary N) is 1. The molecule has 0 aliphatic heterocycles. The molecule has 0 amide bonds. The highest BCUT2D eigenvalue weighted by Crippen LogP contribution is 2.07. The van der Waals surface area contributed by atoms with E-state index >= 15 is 0 Å². The molecular formula is C11H20N2O. The summed E-state index contributed by atoms with van der Waals surface area (Å²) in [7, 11) is 2.08. The van der Waals surface area contributed by atoms with Crippen LogP contribution in [-0.4, -0.2) is 31.1 Å². The highest BCUT2D eigenvalue weighted by molar-refractivity contribution is 5.05. The fraction of sp³-hybridized carbons (Fsp3) is 0.636. The molecule has 0 aromatic carbocycles. The second kappa shape index (κ2) is 5.17. The van der Waals surface area contributed by atoms with E-state index in [0.29, 0.717) is 0 Å². The Balaban J connectivity index is 2.26. The first-order chi connectivity index (χ1) is 6.58. The lowest BCUT2D eigenvalue weighted by Crippen LogP contribution is -2.33. The van der Waals surface area contributed by atoms with Crippen LogP contribution in [0.3, 0.4) is 0 Å². The SMILES string of the molecule is Cc1ccc(CCN(C)CC(C)N)o1. The first-order valence-electron chi connectivity index (χ1n) is 5.07. The van der Waals surface area contributed by atoms with E-state index in [1.165, 1.54) is 0 Å². The Morgan fingerprint density at radius 3 is 2.71 bits per heavy atom. The summed E-state index contributed by atoms with van der Waals surface area (Å²) in [5.41, 5.74) is 5.70. The summed E-state index contributed by atoms with van der Waals surface area (Å²) in [4.78, 5) is 2.22. The fourth-order valence-corrected chi connectivity index (χ4v) is 1.50. The Hall–Kier alpha value is -0.800. The molecule has 0 saturated carbocycles. The second-order valence-electron chi connectivity index (χ2n) is 4.00. The third-order valence-electron chi connectivity index (χ3n) is 2.14. The highest BCUT2D eigenvalue weighted by Gasteiger charge is 2.04. The maximum absolute atomic E-state index is 5.70. The molecule has 0 fully saturated rings. The van der Waals surface area contributed by atoms with Crippen LogP contribution < -0.4 is 5.73 Å². The van der Waals surface area contributed by atoms with Crippen molar-refractivity contribution in [1.82, 2.24) is 4.90 Å². The van der Waals surface area contributed by atoms with E-state index in [2.05, 4.69) is 11.9 Å². The molecule has 0 aliphatic carbocycles. The van der Waals surface area contributed by atoms with Crippen molar-refractivity contribution in [2.75, 3.05) is 20.1 Å². The first-order valence-corrected chi connectivity index (χ1v) is 5.07. The number of rotatable bonds is 5. The molecule has 1 rings (SSSR count). The van der Waals surface area contributed by atoms with Crippen LogP contribution in [0.25, 0.3) is 0 Å². The van der Waals surface area contributed by atoms with Gasteiger partial charge in [-0.2, -0.15) is 0 Å². The Morgan fingerprint density at radius 2 is 2.21 bits per heavy atom. The Morgan fingerprint density at radius 1 is 1.50 bits per heavy atom. The zero-order chi connectivity index (χ0) is 10.6. The van der Waals surface area contributed by atoms with Gasteiger partial charge in [0.05, 0.1) is 0 Å². The number of hydrogen-bond acceptors (Lipinski definition) is 3. The number of furan rings is 1. The van der Waals surface area contributed by atoms with E-state index in [1.54, 1.807) is 0 Å². The molecule has 0 bridgehead atoms. The lowest BCUT2D eigenvalue weighted by Gasteiger charge is -2.17. The van der Waals surface area contributed by atoms with Gasteiger partial charge in [-0.05, 0) is 33.0 Å². The monoisotopic (exact) mass is 196 g/mol. The number of aryl methyl sites for hydroxylation is 1. The summed E-state index contributed by atoms with van der Waals surface area (Å²) in [5.74, 6) is 2.04. The van der Waals surface area contributed by atoms with Gasteiger partial charge in [0.2, 0.25) is 0 Å². The lowest BCUT2D eigenvalue weighted by molar-refractivity contribution is 0.310. The molecule has 1 aromatic rings. The van der Waals surface area contributed by atoms with E-state index in [4.69, 9.17) is 10.2 Å². The predicted molar refractivity (Wildman–Crippen MR) is 58.3 cm³/mol. The van der Waals surface area contributed by atoms with Crippen LogP contribution in [0.1, 0.15) is 18.4 Å². The summed E-state index contributed by atoms with van der Waals surface area (Å²) in [6.45, 7) is 5.91. The van der Waals surface area contributed by atoms with E-state index in [1.807, 2.05) is 26.0 Å². The Bertz CT molecular complexity index is 268. The molecule has 0 aliphatic rings. The Labute approximate surface area is 85.9 Å². The predicted octanol–water partition coefficient (Wildman–Crippen LogP) is 1.41. The molecule has 0 radical (unpaired) electrons. The van der Waals surface area contributed by atoms with E-state index < -0.39 is 0 Å². The lowest BCUT2D eigenvalue weighted by atomic mass is 10.3. The maximum Gasteiger partial charge on any atom is 0.105 e. The highest BCUT2D eigenvalue weighted by atomic mass is 16.3. The van der Waals surface area contributed by atoms with Gasteiger partial charge in [0.1, 0.15) is 11.5 Å². The molecule has 3 heteroatoms. The van der Waals surface area contributed by atoms with E-state index in [9.17, 15) is 0 Å². The number of nitrogens with zero attached hydrogens (tertiary/aromatic N) is 1. The van der Waals surface area contributed by atoms with Crippen LogP contribution in [0.2, 0.25) is 0 Å². The average molecular weight is 196 g/mol. The van der Waals surface area contributed by atoms with Crippen LogP contribution in [0, 0.1) is 6.92 Å². The van der Waals surface area contributed by atoms with Gasteiger partial charge < -0.3 is 15.1 Å². The van der Waals surface area contributed by atoms with Crippen LogP contribution in [-0.2, 0) is 6.42 Å². The first kappa shape index (κ1) is 11.3. The summed E-state index contributed by atoms with van der Waals surface area (Å²) >= 11 is 0. The number of hydrogen-bond donors (Lipinski definition) is 1. The third-order valence-corrected chi connectivity index (χ3v) is 2.14. The Kier molecular flexibility index (Phi) is 4.17. The van der Waals surface area contributed by atoms with Crippen molar-refractivity contribution in [2.24, 2.45) is 5.73 Å². The zero-order valence-corrected chi connectivity index (χ0v) is 9.29. The van der Waals surface area contributed by atoms with Gasteiger partial charge in [0, 0.05) is 25.6 Å². The van der Waals surface area contributed by atoms with E-state index in [0.717, 1.165) is 31.0 Å². The summed E-state index contributed by atoms with van der Waals surface area (Å²) in [6.07, 6.45) is 0.955. The normalized spacial score (nSPS) is 13.5. The second-order valence-corrected chi connectivity index (χ2v) is 4.00. The molecule has 2 N–H and O–H groups in total. The van der Waals surface area contributed by atoms with Crippen molar-refractivity contribution in [1.29, 1.82) is 0 Å². The van der Waals surface area contributed by atoms with Gasteiger partial charge in [-0.15, -0.1) is 0 Å². The van der Waals surface area contributed by atoms with Crippen molar-refractivity contribution >= 4 is 0 Å². The third kappa shape index (κ3) is 3.94. The molecule has 1 unspecified atom stereocenters. The molecule has 14 heavy (non-hydrogen) atoms. The van der Waals surface area contributed by atoms with Gasteiger partial charge in [0.15, 0.2) is 0 Å². The van der Waals surface area contributed by atoms with Crippen molar-refractivity contribution in [2.45, 2.75) is 26.3 Å².